The molecule has 1 aromatic rings. The van der Waals surface area contributed by atoms with E-state index in [1.165, 1.54) is 0 Å². The zero-order chi connectivity index (χ0) is 10.8. The third-order valence-corrected chi connectivity index (χ3v) is 2.00. The summed E-state index contributed by atoms with van der Waals surface area (Å²) in [6, 6.07) is 1.88. The molecular weight excluding hydrogens is 215 g/mol. The molecule has 0 amide bonds. The molecule has 0 saturated carbocycles. The van der Waals surface area contributed by atoms with E-state index in [1.807, 2.05) is 0 Å². The second kappa shape index (κ2) is 3.79. The van der Waals surface area contributed by atoms with Gasteiger partial charge in [-0.3, -0.25) is 0 Å². The lowest BCUT2D eigenvalue weighted by molar-refractivity contribution is 0.0484. The van der Waals surface area contributed by atoms with Crippen LogP contribution in [0.15, 0.2) is 21.6 Å². The van der Waals surface area contributed by atoms with Gasteiger partial charge in [0.15, 0.2) is 0 Å². The molecule has 0 aromatic carbocycles. The van der Waals surface area contributed by atoms with Crippen LogP contribution in [0.5, 0.6) is 0 Å². The van der Waals surface area contributed by atoms with Crippen LogP contribution in [-0.2, 0) is 15.0 Å². The predicted molar refractivity (Wildman–Crippen MR) is 43.0 cm³/mol. The second-order valence-electron chi connectivity index (χ2n) is 2.28. The quantitative estimate of drug-likeness (QED) is 0.565. The molecule has 0 N–H and O–H groups in total. The van der Waals surface area contributed by atoms with Gasteiger partial charge in [0.25, 0.3) is 5.09 Å². The SMILES string of the molecule is CCOC(=O)c1ccc(S(=O)(=O)F)o1. The number of carbonyl (C=O) groups excluding carboxylic acids is 1. The normalized spacial score (nSPS) is 11.3. The van der Waals surface area contributed by atoms with Crippen molar-refractivity contribution in [2.45, 2.75) is 12.0 Å². The highest BCUT2D eigenvalue weighted by molar-refractivity contribution is 7.86. The second-order valence-corrected chi connectivity index (χ2v) is 3.56. The van der Waals surface area contributed by atoms with Crippen molar-refractivity contribution in [1.82, 2.24) is 0 Å². The Bertz CT molecular complexity index is 433. The minimum Gasteiger partial charge on any atom is -0.460 e. The third-order valence-electron chi connectivity index (χ3n) is 1.30. The molecular formula is C7H7FO5S. The summed E-state index contributed by atoms with van der Waals surface area (Å²) in [7, 11) is -4.90. The van der Waals surface area contributed by atoms with Crippen molar-refractivity contribution in [2.24, 2.45) is 0 Å². The number of furan rings is 1. The maximum absolute atomic E-state index is 12.3. The maximum atomic E-state index is 12.3. The van der Waals surface area contributed by atoms with E-state index in [1.54, 1.807) is 6.92 Å². The number of rotatable bonds is 3. The zero-order valence-electron chi connectivity index (χ0n) is 7.19. The molecule has 0 saturated heterocycles. The summed E-state index contributed by atoms with van der Waals surface area (Å²) >= 11 is 0. The van der Waals surface area contributed by atoms with Crippen molar-refractivity contribution in [1.29, 1.82) is 0 Å². The van der Waals surface area contributed by atoms with Crippen LogP contribution in [-0.4, -0.2) is 21.0 Å². The molecule has 0 bridgehead atoms. The summed E-state index contributed by atoms with van der Waals surface area (Å²) < 4.78 is 41.9. The third kappa shape index (κ3) is 2.32. The fraction of sp³-hybridized carbons (Fsp3) is 0.286. The number of hydrogen-bond donors (Lipinski definition) is 0. The highest BCUT2D eigenvalue weighted by Crippen LogP contribution is 2.16. The molecule has 5 nitrogen and oxygen atoms in total. The van der Waals surface area contributed by atoms with Gasteiger partial charge in [0.1, 0.15) is 0 Å². The lowest BCUT2D eigenvalue weighted by Crippen LogP contribution is -2.02. The Kier molecular flexibility index (Phi) is 2.90. The molecule has 0 atom stereocenters. The van der Waals surface area contributed by atoms with Gasteiger partial charge in [-0.15, -0.1) is 0 Å². The Morgan fingerprint density at radius 1 is 1.57 bits per heavy atom. The van der Waals surface area contributed by atoms with E-state index in [4.69, 9.17) is 0 Å². The van der Waals surface area contributed by atoms with Gasteiger partial charge in [0.05, 0.1) is 6.61 Å². The topological polar surface area (TPSA) is 73.6 Å². The van der Waals surface area contributed by atoms with E-state index < -0.39 is 21.3 Å². The summed E-state index contributed by atoms with van der Waals surface area (Å²) in [6.07, 6.45) is 0. The van der Waals surface area contributed by atoms with E-state index in [0.29, 0.717) is 0 Å². The Morgan fingerprint density at radius 2 is 2.21 bits per heavy atom. The molecule has 0 radical (unpaired) electrons. The molecule has 1 rings (SSSR count). The Balaban J connectivity index is 2.94. The summed E-state index contributed by atoms with van der Waals surface area (Å²) in [5, 5.41) is -0.902. The van der Waals surface area contributed by atoms with E-state index >= 15 is 0 Å². The van der Waals surface area contributed by atoms with Crippen molar-refractivity contribution in [2.75, 3.05) is 6.61 Å². The Hall–Kier alpha value is -1.37. The molecule has 0 spiro atoms. The van der Waals surface area contributed by atoms with Crippen LogP contribution in [0.1, 0.15) is 17.5 Å². The molecule has 0 aliphatic heterocycles. The van der Waals surface area contributed by atoms with Crippen LogP contribution < -0.4 is 0 Å². The molecule has 0 fully saturated rings. The first-order valence-electron chi connectivity index (χ1n) is 3.66. The molecule has 0 unspecified atom stereocenters. The average molecular weight is 222 g/mol. The summed E-state index contributed by atoms with van der Waals surface area (Å²) in [5.41, 5.74) is 0. The van der Waals surface area contributed by atoms with Gasteiger partial charge >= 0.3 is 16.2 Å². The van der Waals surface area contributed by atoms with Crippen LogP contribution >= 0.6 is 0 Å². The molecule has 14 heavy (non-hydrogen) atoms. The first-order valence-corrected chi connectivity index (χ1v) is 5.05. The van der Waals surface area contributed by atoms with E-state index in [-0.39, 0.29) is 12.4 Å². The highest BCUT2D eigenvalue weighted by atomic mass is 32.3. The van der Waals surface area contributed by atoms with Gasteiger partial charge in [-0.2, -0.15) is 8.42 Å². The van der Waals surface area contributed by atoms with Gasteiger partial charge in [-0.05, 0) is 19.1 Å². The van der Waals surface area contributed by atoms with Crippen LogP contribution in [0, 0.1) is 0 Å². The predicted octanol–water partition coefficient (Wildman–Crippen LogP) is 1.11. The summed E-state index contributed by atoms with van der Waals surface area (Å²) in [6.45, 7) is 1.70. The van der Waals surface area contributed by atoms with Crippen molar-refractivity contribution in [3.63, 3.8) is 0 Å². The van der Waals surface area contributed by atoms with Gasteiger partial charge in [0.2, 0.25) is 5.76 Å². The molecule has 7 heteroatoms. The highest BCUT2D eigenvalue weighted by Gasteiger charge is 2.20. The fourth-order valence-electron chi connectivity index (χ4n) is 0.763. The van der Waals surface area contributed by atoms with Crippen molar-refractivity contribution < 1.29 is 26.3 Å². The fourth-order valence-corrected chi connectivity index (χ4v) is 1.18. The molecule has 78 valence electrons. The largest absolute Gasteiger partial charge is 0.460 e. The van der Waals surface area contributed by atoms with Gasteiger partial charge in [0, 0.05) is 0 Å². The molecule has 1 aromatic heterocycles. The smallest absolute Gasteiger partial charge is 0.374 e. The van der Waals surface area contributed by atoms with Crippen LogP contribution in [0.3, 0.4) is 0 Å². The van der Waals surface area contributed by atoms with Crippen molar-refractivity contribution in [3.05, 3.63) is 17.9 Å². The van der Waals surface area contributed by atoms with Crippen molar-refractivity contribution >= 4 is 16.2 Å². The number of hydrogen-bond acceptors (Lipinski definition) is 5. The maximum Gasteiger partial charge on any atom is 0.374 e. The first kappa shape index (κ1) is 10.7. The van der Waals surface area contributed by atoms with E-state index in [9.17, 15) is 17.1 Å². The standard InChI is InChI=1S/C7H7FO5S/c1-2-12-7(9)5-3-4-6(13-5)14(8,10)11/h3-4H,2H2,1H3. The number of esters is 1. The van der Waals surface area contributed by atoms with E-state index in [2.05, 4.69) is 9.15 Å². The lowest BCUT2D eigenvalue weighted by Gasteiger charge is -1.95. The van der Waals surface area contributed by atoms with Crippen LogP contribution in [0.25, 0.3) is 0 Å². The van der Waals surface area contributed by atoms with Crippen molar-refractivity contribution in [3.8, 4) is 0 Å². The minimum atomic E-state index is -4.90. The monoisotopic (exact) mass is 222 g/mol. The lowest BCUT2D eigenvalue weighted by atomic mass is 10.5. The summed E-state index contributed by atoms with van der Waals surface area (Å²) in [5.74, 6) is -1.18. The Labute approximate surface area is 79.7 Å². The molecule has 0 aliphatic rings. The number of carbonyl (C=O) groups is 1. The van der Waals surface area contributed by atoms with Gasteiger partial charge in [-0.25, -0.2) is 4.79 Å². The van der Waals surface area contributed by atoms with Crippen LogP contribution in [0.4, 0.5) is 3.89 Å². The molecule has 1 heterocycles. The Morgan fingerprint density at radius 3 is 2.64 bits per heavy atom. The zero-order valence-corrected chi connectivity index (χ0v) is 8.01. The summed E-state index contributed by atoms with van der Waals surface area (Å²) in [4.78, 5) is 11.0. The minimum absolute atomic E-state index is 0.122. The van der Waals surface area contributed by atoms with E-state index in [0.717, 1.165) is 12.1 Å². The molecule has 0 aliphatic carbocycles. The first-order chi connectivity index (χ1) is 6.45. The van der Waals surface area contributed by atoms with Crippen LogP contribution in [0.2, 0.25) is 0 Å². The number of ether oxygens (including phenoxy) is 1. The average Bonchev–Trinajstić information content (AvgIpc) is 2.51. The van der Waals surface area contributed by atoms with Gasteiger partial charge < -0.3 is 9.15 Å². The number of halogens is 1. The van der Waals surface area contributed by atoms with Gasteiger partial charge in [-0.1, -0.05) is 3.89 Å².